The van der Waals surface area contributed by atoms with E-state index in [1.807, 2.05) is 6.92 Å². The monoisotopic (exact) mass is 187 g/mol. The Bertz CT molecular complexity index is 199. The van der Waals surface area contributed by atoms with Gasteiger partial charge >= 0.3 is 0 Å². The molecule has 0 aromatic rings. The Morgan fingerprint density at radius 2 is 1.85 bits per heavy atom. The van der Waals surface area contributed by atoms with Crippen LogP contribution in [-0.2, 0) is 0 Å². The third-order valence-electron chi connectivity index (χ3n) is 3.31. The maximum absolute atomic E-state index is 9.63. The average Bonchev–Trinajstić information content (AvgIpc) is 2.32. The lowest BCUT2D eigenvalue weighted by Gasteiger charge is -2.38. The number of aliphatic hydroxyl groups excluding tert-OH is 3. The molecule has 0 unspecified atom stereocenters. The van der Waals surface area contributed by atoms with Crippen molar-refractivity contribution < 1.29 is 15.3 Å². The summed E-state index contributed by atoms with van der Waals surface area (Å²) in [5.41, 5.74) is 0. The Morgan fingerprint density at radius 1 is 1.15 bits per heavy atom. The van der Waals surface area contributed by atoms with Gasteiger partial charge in [-0.05, 0) is 19.8 Å². The lowest BCUT2D eigenvalue weighted by Crippen LogP contribution is -2.48. The Morgan fingerprint density at radius 3 is 2.54 bits per heavy atom. The number of hydrogen-bond donors (Lipinski definition) is 3. The fraction of sp³-hybridized carbons (Fsp3) is 1.00. The first-order valence-corrected chi connectivity index (χ1v) is 4.89. The van der Waals surface area contributed by atoms with E-state index in [9.17, 15) is 15.3 Å². The van der Waals surface area contributed by atoms with Crippen LogP contribution < -0.4 is 0 Å². The van der Waals surface area contributed by atoms with Crippen molar-refractivity contribution in [3.8, 4) is 0 Å². The summed E-state index contributed by atoms with van der Waals surface area (Å²) in [6.07, 6.45) is -0.315. The summed E-state index contributed by atoms with van der Waals surface area (Å²) in [5.74, 6) is 0. The number of aliphatic hydroxyl groups is 3. The third kappa shape index (κ3) is 1.48. The summed E-state index contributed by atoms with van der Waals surface area (Å²) >= 11 is 0. The maximum atomic E-state index is 9.63. The zero-order chi connectivity index (χ0) is 9.59. The molecule has 2 aliphatic heterocycles. The second kappa shape index (κ2) is 3.20. The smallest absolute Gasteiger partial charge is 0.0967 e. The number of nitrogens with zero attached hydrogens (tertiary/aromatic N) is 1. The maximum Gasteiger partial charge on any atom is 0.0967 e. The van der Waals surface area contributed by atoms with Crippen LogP contribution in [-0.4, -0.2) is 57.2 Å². The summed E-state index contributed by atoms with van der Waals surface area (Å²) in [6.45, 7) is 2.57. The summed E-state index contributed by atoms with van der Waals surface area (Å²) in [5, 5.41) is 28.6. The molecule has 3 N–H and O–H groups in total. The molecule has 5 atom stereocenters. The summed E-state index contributed by atoms with van der Waals surface area (Å²) in [6, 6.07) is 0.217. The number of hydrogen-bond acceptors (Lipinski definition) is 4. The molecule has 0 aliphatic carbocycles. The van der Waals surface area contributed by atoms with Gasteiger partial charge in [-0.15, -0.1) is 0 Å². The largest absolute Gasteiger partial charge is 0.393 e. The summed E-state index contributed by atoms with van der Waals surface area (Å²) < 4.78 is 0. The minimum atomic E-state index is -0.683. The molecule has 0 amide bonds. The zero-order valence-electron chi connectivity index (χ0n) is 7.80. The van der Waals surface area contributed by atoms with Crippen LogP contribution in [0.3, 0.4) is 0 Å². The van der Waals surface area contributed by atoms with Gasteiger partial charge in [-0.2, -0.15) is 0 Å². The van der Waals surface area contributed by atoms with Crippen molar-refractivity contribution in [2.45, 2.75) is 50.2 Å². The number of piperidine rings is 1. The van der Waals surface area contributed by atoms with Gasteiger partial charge in [0.25, 0.3) is 0 Å². The van der Waals surface area contributed by atoms with Gasteiger partial charge in [0.15, 0.2) is 0 Å². The van der Waals surface area contributed by atoms with E-state index in [0.29, 0.717) is 13.0 Å². The van der Waals surface area contributed by atoms with Crippen LogP contribution in [0.5, 0.6) is 0 Å². The van der Waals surface area contributed by atoms with Gasteiger partial charge < -0.3 is 15.3 Å². The Hall–Kier alpha value is -0.160. The van der Waals surface area contributed by atoms with Gasteiger partial charge in [0.2, 0.25) is 0 Å². The van der Waals surface area contributed by atoms with Gasteiger partial charge in [-0.3, -0.25) is 4.90 Å². The SMILES string of the molecule is C[C@@H]1C[C@@H](O)C[C@@H]2[C@@H](O)[C@H](O)CN12. The van der Waals surface area contributed by atoms with E-state index in [-0.39, 0.29) is 18.2 Å². The van der Waals surface area contributed by atoms with E-state index >= 15 is 0 Å². The van der Waals surface area contributed by atoms with Crippen LogP contribution in [0.15, 0.2) is 0 Å². The first-order valence-electron chi connectivity index (χ1n) is 4.89. The van der Waals surface area contributed by atoms with E-state index in [4.69, 9.17) is 0 Å². The van der Waals surface area contributed by atoms with Gasteiger partial charge in [-0.1, -0.05) is 0 Å². The van der Waals surface area contributed by atoms with Crippen molar-refractivity contribution in [3.63, 3.8) is 0 Å². The standard InChI is InChI=1S/C9H17NO3/c1-5-2-6(11)3-7-9(13)8(12)4-10(5)7/h5-9,11-13H,2-4H2,1H3/t5-,6-,7-,8-,9-/m1/s1. The predicted molar refractivity (Wildman–Crippen MR) is 47.2 cm³/mol. The minimum Gasteiger partial charge on any atom is -0.393 e. The molecule has 2 saturated heterocycles. The van der Waals surface area contributed by atoms with Crippen LogP contribution in [0.2, 0.25) is 0 Å². The fourth-order valence-electron chi connectivity index (χ4n) is 2.60. The lowest BCUT2D eigenvalue weighted by atomic mass is 9.93. The van der Waals surface area contributed by atoms with Crippen molar-refractivity contribution in [2.24, 2.45) is 0 Å². The highest BCUT2D eigenvalue weighted by Crippen LogP contribution is 2.31. The van der Waals surface area contributed by atoms with E-state index in [1.54, 1.807) is 0 Å². The van der Waals surface area contributed by atoms with Crippen molar-refractivity contribution in [2.75, 3.05) is 6.54 Å². The third-order valence-corrected chi connectivity index (χ3v) is 3.31. The fourth-order valence-corrected chi connectivity index (χ4v) is 2.60. The molecule has 0 aromatic carbocycles. The van der Waals surface area contributed by atoms with Crippen molar-refractivity contribution in [1.29, 1.82) is 0 Å². The van der Waals surface area contributed by atoms with Crippen molar-refractivity contribution in [3.05, 3.63) is 0 Å². The molecule has 4 heteroatoms. The highest BCUT2D eigenvalue weighted by Gasteiger charge is 2.45. The molecule has 2 aliphatic rings. The van der Waals surface area contributed by atoms with Crippen LogP contribution in [0.4, 0.5) is 0 Å². The molecule has 0 bridgehead atoms. The minimum absolute atomic E-state index is 0.0475. The second-order valence-corrected chi connectivity index (χ2v) is 4.30. The van der Waals surface area contributed by atoms with Gasteiger partial charge in [0.05, 0.1) is 18.3 Å². The summed E-state index contributed by atoms with van der Waals surface area (Å²) in [4.78, 5) is 2.10. The Labute approximate surface area is 77.8 Å². The molecular weight excluding hydrogens is 170 g/mol. The topological polar surface area (TPSA) is 63.9 Å². The molecule has 76 valence electrons. The highest BCUT2D eigenvalue weighted by molar-refractivity contribution is 4.99. The highest BCUT2D eigenvalue weighted by atomic mass is 16.3. The first-order chi connectivity index (χ1) is 6.09. The zero-order valence-corrected chi connectivity index (χ0v) is 7.80. The molecular formula is C9H17NO3. The summed E-state index contributed by atoms with van der Waals surface area (Å²) in [7, 11) is 0. The van der Waals surface area contributed by atoms with E-state index < -0.39 is 12.2 Å². The Kier molecular flexibility index (Phi) is 2.32. The quantitative estimate of drug-likeness (QED) is 0.452. The molecule has 0 radical (unpaired) electrons. The van der Waals surface area contributed by atoms with Gasteiger partial charge in [0, 0.05) is 18.6 Å². The molecule has 4 nitrogen and oxygen atoms in total. The van der Waals surface area contributed by atoms with E-state index in [0.717, 1.165) is 6.42 Å². The molecule has 2 heterocycles. The van der Waals surface area contributed by atoms with Crippen molar-refractivity contribution in [1.82, 2.24) is 4.90 Å². The van der Waals surface area contributed by atoms with Crippen LogP contribution >= 0.6 is 0 Å². The number of rotatable bonds is 0. The normalized spacial score (nSPS) is 52.2. The van der Waals surface area contributed by atoms with Gasteiger partial charge in [-0.25, -0.2) is 0 Å². The van der Waals surface area contributed by atoms with Gasteiger partial charge in [0.1, 0.15) is 0 Å². The molecule has 0 saturated carbocycles. The lowest BCUT2D eigenvalue weighted by molar-refractivity contribution is -0.0129. The molecule has 0 spiro atoms. The average molecular weight is 187 g/mol. The van der Waals surface area contributed by atoms with E-state index in [1.165, 1.54) is 0 Å². The van der Waals surface area contributed by atoms with Crippen LogP contribution in [0.1, 0.15) is 19.8 Å². The molecule has 2 fully saturated rings. The van der Waals surface area contributed by atoms with Crippen molar-refractivity contribution >= 4 is 0 Å². The second-order valence-electron chi connectivity index (χ2n) is 4.30. The first kappa shape index (κ1) is 9.40. The number of fused-ring (bicyclic) bond motifs is 1. The van der Waals surface area contributed by atoms with Crippen LogP contribution in [0.25, 0.3) is 0 Å². The predicted octanol–water partition coefficient (Wildman–Crippen LogP) is -1.06. The molecule has 0 aromatic heterocycles. The van der Waals surface area contributed by atoms with Crippen LogP contribution in [0, 0.1) is 0 Å². The molecule has 13 heavy (non-hydrogen) atoms. The molecule has 2 rings (SSSR count). The van der Waals surface area contributed by atoms with E-state index in [2.05, 4.69) is 4.90 Å². The Balaban J connectivity index is 2.12.